The van der Waals surface area contributed by atoms with Crippen molar-refractivity contribution in [3.05, 3.63) is 30.1 Å². The van der Waals surface area contributed by atoms with Crippen molar-refractivity contribution < 1.29 is 18.7 Å². The van der Waals surface area contributed by atoms with Crippen LogP contribution in [0.15, 0.2) is 24.3 Å². The van der Waals surface area contributed by atoms with E-state index in [1.807, 2.05) is 0 Å². The van der Waals surface area contributed by atoms with Crippen LogP contribution in [0, 0.1) is 5.82 Å². The number of anilines is 1. The van der Waals surface area contributed by atoms with E-state index in [0.717, 1.165) is 18.5 Å². The third-order valence-corrected chi connectivity index (χ3v) is 4.13. The van der Waals surface area contributed by atoms with Gasteiger partial charge in [0.05, 0.1) is 0 Å². The molecule has 1 atom stereocenters. The number of amides is 2. The Morgan fingerprint density at radius 2 is 1.77 bits per heavy atom. The molecule has 6 nitrogen and oxygen atoms in total. The summed E-state index contributed by atoms with van der Waals surface area (Å²) in [6, 6.07) is 5.86. The van der Waals surface area contributed by atoms with Crippen molar-refractivity contribution >= 4 is 17.7 Å². The first-order chi connectivity index (χ1) is 12.1. The zero-order valence-corrected chi connectivity index (χ0v) is 15.8. The van der Waals surface area contributed by atoms with Gasteiger partial charge in [-0.2, -0.15) is 0 Å². The highest BCUT2D eigenvalue weighted by Gasteiger charge is 2.28. The van der Waals surface area contributed by atoms with E-state index in [2.05, 4.69) is 10.6 Å². The van der Waals surface area contributed by atoms with E-state index in [9.17, 15) is 14.0 Å². The number of likely N-dealkylation sites (tertiary alicyclic amines) is 1. The first-order valence-corrected chi connectivity index (χ1v) is 8.94. The maximum absolute atomic E-state index is 13.0. The molecule has 144 valence electrons. The summed E-state index contributed by atoms with van der Waals surface area (Å²) in [5.41, 5.74) is 0.271. The number of carbonyl (C=O) groups excluding carboxylic acids is 2. The van der Waals surface area contributed by atoms with Crippen LogP contribution in [0.3, 0.4) is 0 Å². The van der Waals surface area contributed by atoms with Crippen LogP contribution in [0.25, 0.3) is 0 Å². The molecule has 0 spiro atoms. The molecule has 1 saturated heterocycles. The minimum absolute atomic E-state index is 0.115. The molecule has 1 aromatic carbocycles. The largest absolute Gasteiger partial charge is 0.444 e. The van der Waals surface area contributed by atoms with E-state index in [1.165, 1.54) is 12.1 Å². The molecule has 0 saturated carbocycles. The quantitative estimate of drug-likeness (QED) is 0.860. The van der Waals surface area contributed by atoms with Gasteiger partial charge >= 0.3 is 6.09 Å². The molecule has 0 aromatic heterocycles. The van der Waals surface area contributed by atoms with Crippen molar-refractivity contribution in [1.82, 2.24) is 10.2 Å². The average molecular weight is 365 g/mol. The molecule has 2 amide bonds. The fraction of sp³-hybridized carbons (Fsp3) is 0.579. The van der Waals surface area contributed by atoms with Crippen LogP contribution in [0.2, 0.25) is 0 Å². The summed E-state index contributed by atoms with van der Waals surface area (Å²) < 4.78 is 18.1. The standard InChI is InChI=1S/C19H28FN3O3/c1-13(21-18(25)26-19(2,3)4)17(24)23-11-9-16(10-12-23)22-15-7-5-14(20)6-8-15/h5-8,13,16,22H,9-12H2,1-4H3,(H,21,25)/t13-/m1/s1. The van der Waals surface area contributed by atoms with Gasteiger partial charge in [0.15, 0.2) is 0 Å². The monoisotopic (exact) mass is 365 g/mol. The molecular formula is C19H28FN3O3. The number of ether oxygens (including phenoxy) is 1. The number of carbonyl (C=O) groups is 2. The van der Waals surface area contributed by atoms with Crippen molar-refractivity contribution in [2.45, 2.75) is 58.2 Å². The van der Waals surface area contributed by atoms with Crippen LogP contribution in [0.1, 0.15) is 40.5 Å². The Hall–Kier alpha value is -2.31. The first-order valence-electron chi connectivity index (χ1n) is 8.94. The average Bonchev–Trinajstić information content (AvgIpc) is 2.55. The summed E-state index contributed by atoms with van der Waals surface area (Å²) in [7, 11) is 0. The molecule has 1 aromatic rings. The number of piperidine rings is 1. The van der Waals surface area contributed by atoms with Crippen LogP contribution in [0.5, 0.6) is 0 Å². The lowest BCUT2D eigenvalue weighted by Crippen LogP contribution is -2.51. The molecule has 7 heteroatoms. The molecule has 1 heterocycles. The summed E-state index contributed by atoms with van der Waals surface area (Å²) in [6.07, 6.45) is 0.996. The highest BCUT2D eigenvalue weighted by molar-refractivity contribution is 5.85. The van der Waals surface area contributed by atoms with Crippen molar-refractivity contribution in [2.75, 3.05) is 18.4 Å². The molecular weight excluding hydrogens is 337 g/mol. The second-order valence-electron chi connectivity index (χ2n) is 7.62. The van der Waals surface area contributed by atoms with Gasteiger partial charge in [-0.05, 0) is 64.8 Å². The van der Waals surface area contributed by atoms with Crippen molar-refractivity contribution in [3.8, 4) is 0 Å². The predicted octanol–water partition coefficient (Wildman–Crippen LogP) is 3.14. The Labute approximate surface area is 154 Å². The minimum atomic E-state index is -0.633. The lowest BCUT2D eigenvalue weighted by atomic mass is 10.0. The number of nitrogens with one attached hydrogen (secondary N) is 2. The number of benzene rings is 1. The van der Waals surface area contributed by atoms with Gasteiger partial charge < -0.3 is 20.3 Å². The topological polar surface area (TPSA) is 70.7 Å². The van der Waals surface area contributed by atoms with Gasteiger partial charge in [-0.3, -0.25) is 4.79 Å². The predicted molar refractivity (Wildman–Crippen MR) is 98.5 cm³/mol. The summed E-state index contributed by atoms with van der Waals surface area (Å²) in [6.45, 7) is 8.21. The zero-order chi connectivity index (χ0) is 19.3. The summed E-state index contributed by atoms with van der Waals surface area (Å²) in [4.78, 5) is 26.0. The Balaban J connectivity index is 1.78. The summed E-state index contributed by atoms with van der Waals surface area (Å²) in [5, 5.41) is 5.95. The number of rotatable bonds is 4. The van der Waals surface area contributed by atoms with Gasteiger partial charge in [0, 0.05) is 24.8 Å². The second kappa shape index (κ2) is 8.38. The maximum Gasteiger partial charge on any atom is 0.408 e. The van der Waals surface area contributed by atoms with E-state index in [1.54, 1.807) is 44.7 Å². The third-order valence-electron chi connectivity index (χ3n) is 4.13. The Morgan fingerprint density at radius 1 is 1.19 bits per heavy atom. The van der Waals surface area contributed by atoms with Crippen LogP contribution in [-0.2, 0) is 9.53 Å². The lowest BCUT2D eigenvalue weighted by Gasteiger charge is -2.34. The fourth-order valence-corrected chi connectivity index (χ4v) is 2.85. The van der Waals surface area contributed by atoms with Crippen LogP contribution in [-0.4, -0.2) is 47.7 Å². The van der Waals surface area contributed by atoms with Crippen LogP contribution in [0.4, 0.5) is 14.9 Å². The number of hydrogen-bond donors (Lipinski definition) is 2. The highest BCUT2D eigenvalue weighted by Crippen LogP contribution is 2.18. The molecule has 0 bridgehead atoms. The molecule has 1 aliphatic rings. The van der Waals surface area contributed by atoms with Gasteiger partial charge in [-0.1, -0.05) is 0 Å². The summed E-state index contributed by atoms with van der Waals surface area (Å²) in [5.74, 6) is -0.376. The highest BCUT2D eigenvalue weighted by atomic mass is 19.1. The second-order valence-corrected chi connectivity index (χ2v) is 7.62. The van der Waals surface area contributed by atoms with Crippen LogP contribution < -0.4 is 10.6 Å². The molecule has 26 heavy (non-hydrogen) atoms. The fourth-order valence-electron chi connectivity index (χ4n) is 2.85. The first kappa shape index (κ1) is 20.0. The maximum atomic E-state index is 13.0. The summed E-state index contributed by atoms with van der Waals surface area (Å²) >= 11 is 0. The van der Waals surface area contributed by atoms with Gasteiger partial charge in [-0.25, -0.2) is 9.18 Å². The van der Waals surface area contributed by atoms with E-state index in [-0.39, 0.29) is 17.8 Å². The molecule has 2 N–H and O–H groups in total. The van der Waals surface area contributed by atoms with Crippen LogP contribution >= 0.6 is 0 Å². The Bertz CT molecular complexity index is 620. The van der Waals surface area contributed by atoms with Gasteiger partial charge in [0.2, 0.25) is 5.91 Å². The number of hydrogen-bond acceptors (Lipinski definition) is 4. The molecule has 0 unspecified atom stereocenters. The van der Waals surface area contributed by atoms with Gasteiger partial charge in [0.25, 0.3) is 0 Å². The third kappa shape index (κ3) is 6.20. The number of halogens is 1. The normalized spacial score (nSPS) is 16.7. The van der Waals surface area contributed by atoms with Crippen molar-refractivity contribution in [2.24, 2.45) is 0 Å². The SMILES string of the molecule is C[C@@H](NC(=O)OC(C)(C)C)C(=O)N1CCC(Nc2ccc(F)cc2)CC1. The Morgan fingerprint density at radius 3 is 2.31 bits per heavy atom. The van der Waals surface area contributed by atoms with Crippen molar-refractivity contribution in [3.63, 3.8) is 0 Å². The smallest absolute Gasteiger partial charge is 0.408 e. The number of alkyl carbamates (subject to hydrolysis) is 1. The van der Waals surface area contributed by atoms with E-state index < -0.39 is 17.7 Å². The van der Waals surface area contributed by atoms with E-state index >= 15 is 0 Å². The zero-order valence-electron chi connectivity index (χ0n) is 15.8. The molecule has 2 rings (SSSR count). The van der Waals surface area contributed by atoms with E-state index in [0.29, 0.717) is 13.1 Å². The molecule has 0 aliphatic carbocycles. The van der Waals surface area contributed by atoms with Crippen molar-refractivity contribution in [1.29, 1.82) is 0 Å². The van der Waals surface area contributed by atoms with Gasteiger partial charge in [-0.15, -0.1) is 0 Å². The van der Waals surface area contributed by atoms with E-state index in [4.69, 9.17) is 4.74 Å². The Kier molecular flexibility index (Phi) is 6.45. The molecule has 0 radical (unpaired) electrons. The number of nitrogens with zero attached hydrogens (tertiary/aromatic N) is 1. The molecule has 1 fully saturated rings. The lowest BCUT2D eigenvalue weighted by molar-refractivity contribution is -0.134. The molecule has 1 aliphatic heterocycles. The minimum Gasteiger partial charge on any atom is -0.444 e. The van der Waals surface area contributed by atoms with Gasteiger partial charge in [0.1, 0.15) is 17.5 Å².